The lowest BCUT2D eigenvalue weighted by Gasteiger charge is -2.40. The number of aliphatic hydroxyl groups is 1. The Morgan fingerprint density at radius 1 is 1.19 bits per heavy atom. The fourth-order valence-corrected chi connectivity index (χ4v) is 9.67. The predicted octanol–water partition coefficient (Wildman–Crippen LogP) is 3.80. The third-order valence-corrected chi connectivity index (χ3v) is 11.3. The summed E-state index contributed by atoms with van der Waals surface area (Å²) in [6.07, 6.45) is 8.81. The minimum Gasteiger partial charge on any atom is -0.465 e. The van der Waals surface area contributed by atoms with Crippen LogP contribution in [0.15, 0.2) is 49.6 Å². The van der Waals surface area contributed by atoms with E-state index in [9.17, 15) is 19.5 Å². The molecule has 1 aromatic heterocycles. The van der Waals surface area contributed by atoms with Crippen molar-refractivity contribution in [3.63, 3.8) is 0 Å². The molecule has 3 aliphatic heterocycles. The highest BCUT2D eigenvalue weighted by molar-refractivity contribution is 8.02. The van der Waals surface area contributed by atoms with Gasteiger partial charge < -0.3 is 19.6 Å². The van der Waals surface area contributed by atoms with Gasteiger partial charge in [0, 0.05) is 24.9 Å². The number of ether oxygens (including phenoxy) is 1. The third-order valence-electron chi connectivity index (χ3n) is 9.24. The molecule has 4 heterocycles. The first-order valence-electron chi connectivity index (χ1n) is 15.4. The Hall–Kier alpha value is -3.18. The van der Waals surface area contributed by atoms with Crippen LogP contribution in [-0.2, 0) is 25.8 Å². The summed E-state index contributed by atoms with van der Waals surface area (Å²) in [6.45, 7) is 11.0. The maximum Gasteiger partial charge on any atom is 0.310 e. The van der Waals surface area contributed by atoms with Crippen molar-refractivity contribution < 1.29 is 24.2 Å². The number of para-hydroxylation sites is 1. The Labute approximate surface area is 257 Å². The molecule has 10 nitrogen and oxygen atoms in total. The summed E-state index contributed by atoms with van der Waals surface area (Å²) in [7, 11) is 0. The molecule has 43 heavy (non-hydrogen) atoms. The number of amides is 2. The lowest BCUT2D eigenvalue weighted by atomic mass is 9.66. The Morgan fingerprint density at radius 2 is 2.00 bits per heavy atom. The van der Waals surface area contributed by atoms with Gasteiger partial charge in [0.25, 0.3) is 0 Å². The zero-order chi connectivity index (χ0) is 30.6. The second-order valence-corrected chi connectivity index (χ2v) is 13.4. The van der Waals surface area contributed by atoms with Gasteiger partial charge in [-0.15, -0.1) is 30.0 Å². The largest absolute Gasteiger partial charge is 0.465 e. The Balaban J connectivity index is 1.45. The second kappa shape index (κ2) is 13.6. The minimum absolute atomic E-state index is 0.0577. The highest BCUT2D eigenvalue weighted by atomic mass is 32.2. The second-order valence-electron chi connectivity index (χ2n) is 11.9. The van der Waals surface area contributed by atoms with E-state index in [2.05, 4.69) is 30.4 Å². The van der Waals surface area contributed by atoms with Crippen LogP contribution in [-0.4, -0.2) is 90.0 Å². The molecular weight excluding hydrogens is 566 g/mol. The van der Waals surface area contributed by atoms with Crippen LogP contribution in [0.5, 0.6) is 0 Å². The summed E-state index contributed by atoms with van der Waals surface area (Å²) in [5.74, 6) is -1.76. The zero-order valence-electron chi connectivity index (χ0n) is 25.0. The quantitative estimate of drug-likeness (QED) is 0.174. The number of rotatable bonds is 16. The van der Waals surface area contributed by atoms with Gasteiger partial charge in [0.15, 0.2) is 0 Å². The molecule has 0 saturated carbocycles. The number of allylic oxidation sites excluding steroid dienone is 1. The van der Waals surface area contributed by atoms with E-state index in [4.69, 9.17) is 4.74 Å². The van der Waals surface area contributed by atoms with E-state index >= 15 is 0 Å². The van der Waals surface area contributed by atoms with Crippen molar-refractivity contribution in [2.45, 2.75) is 74.6 Å². The van der Waals surface area contributed by atoms with Crippen molar-refractivity contribution >= 4 is 40.6 Å². The van der Waals surface area contributed by atoms with Crippen molar-refractivity contribution in [2.75, 3.05) is 26.3 Å². The molecule has 2 aromatic rings. The van der Waals surface area contributed by atoms with Crippen molar-refractivity contribution in [1.82, 2.24) is 24.8 Å². The Morgan fingerprint density at radius 3 is 2.77 bits per heavy atom. The molecule has 6 atom stereocenters. The molecule has 2 bridgehead atoms. The molecule has 1 spiro atoms. The molecular formula is C32H43N5O5S. The molecule has 1 aromatic carbocycles. The summed E-state index contributed by atoms with van der Waals surface area (Å²) in [6, 6.07) is 6.86. The lowest BCUT2D eigenvalue weighted by Crippen LogP contribution is -2.57. The van der Waals surface area contributed by atoms with E-state index in [0.717, 1.165) is 43.1 Å². The number of aromatic nitrogens is 3. The molecule has 5 rings (SSSR count). The molecule has 0 aliphatic carbocycles. The van der Waals surface area contributed by atoms with Crippen LogP contribution in [0, 0.1) is 17.8 Å². The number of unbranched alkanes of at least 4 members (excludes halogenated alkanes) is 4. The van der Waals surface area contributed by atoms with E-state index in [-0.39, 0.29) is 48.8 Å². The van der Waals surface area contributed by atoms with Crippen LogP contribution in [0.3, 0.4) is 0 Å². The fraction of sp³-hybridized carbons (Fsp3) is 0.594. The van der Waals surface area contributed by atoms with Gasteiger partial charge in [-0.25, -0.2) is 4.68 Å². The number of carbonyl (C=O) groups excluding carboxylic acids is 3. The molecule has 11 heteroatoms. The van der Waals surface area contributed by atoms with E-state index in [0.29, 0.717) is 26.0 Å². The van der Waals surface area contributed by atoms with Crippen molar-refractivity contribution in [3.05, 3.63) is 49.6 Å². The van der Waals surface area contributed by atoms with Crippen LogP contribution in [0.25, 0.3) is 11.0 Å². The number of benzene rings is 1. The molecule has 3 unspecified atom stereocenters. The SMILES string of the molecule is C=CCCCCOC(=O)[C@@H]1[C@@H]2CC(C)C3(S2)C(C(=O)N(CC=C)Cn2nnc4ccccc42)N(CCCCCO)C(=O)[C@H]13. The van der Waals surface area contributed by atoms with E-state index < -0.39 is 22.6 Å². The predicted molar refractivity (Wildman–Crippen MR) is 166 cm³/mol. The minimum atomic E-state index is -0.732. The number of carbonyl (C=O) groups is 3. The first-order valence-corrected chi connectivity index (χ1v) is 16.3. The first-order chi connectivity index (χ1) is 20.9. The molecule has 3 fully saturated rings. The number of nitrogens with zero attached hydrogens (tertiary/aromatic N) is 5. The van der Waals surface area contributed by atoms with Crippen molar-refractivity contribution in [3.8, 4) is 0 Å². The first kappa shape index (κ1) is 31.3. The van der Waals surface area contributed by atoms with E-state index in [1.165, 1.54) is 0 Å². The normalized spacial score (nSPS) is 27.4. The molecule has 1 N–H and O–H groups in total. The maximum atomic E-state index is 14.7. The highest BCUT2D eigenvalue weighted by Crippen LogP contribution is 2.68. The average molecular weight is 610 g/mol. The highest BCUT2D eigenvalue weighted by Gasteiger charge is 2.76. The van der Waals surface area contributed by atoms with Crippen LogP contribution in [0.2, 0.25) is 0 Å². The average Bonchev–Trinajstić information content (AvgIpc) is 3.72. The lowest BCUT2D eigenvalue weighted by molar-refractivity contribution is -0.154. The molecule has 0 radical (unpaired) electrons. The van der Waals surface area contributed by atoms with Gasteiger partial charge in [-0.05, 0) is 63.0 Å². The van der Waals surface area contributed by atoms with Crippen LogP contribution < -0.4 is 0 Å². The Bertz CT molecular complexity index is 1350. The van der Waals surface area contributed by atoms with Crippen LogP contribution in [0.4, 0.5) is 0 Å². The number of fused-ring (bicyclic) bond motifs is 2. The summed E-state index contributed by atoms with van der Waals surface area (Å²) < 4.78 is 6.71. The molecule has 232 valence electrons. The van der Waals surface area contributed by atoms with Gasteiger partial charge >= 0.3 is 5.97 Å². The van der Waals surface area contributed by atoms with Crippen molar-refractivity contribution in [2.24, 2.45) is 17.8 Å². The van der Waals surface area contributed by atoms with E-state index in [1.54, 1.807) is 32.3 Å². The number of esters is 1. The molecule has 2 amide bonds. The monoisotopic (exact) mass is 609 g/mol. The van der Waals surface area contributed by atoms with Gasteiger partial charge in [0.2, 0.25) is 11.8 Å². The number of hydrogen-bond donors (Lipinski definition) is 1. The Kier molecular flexibility index (Phi) is 9.91. The number of aliphatic hydroxyl groups excluding tert-OH is 1. The van der Waals surface area contributed by atoms with Gasteiger partial charge in [-0.1, -0.05) is 36.4 Å². The molecule has 3 saturated heterocycles. The van der Waals surface area contributed by atoms with Crippen molar-refractivity contribution in [1.29, 1.82) is 0 Å². The summed E-state index contributed by atoms with van der Waals surface area (Å²) in [5.41, 5.74) is 1.54. The topological polar surface area (TPSA) is 118 Å². The number of likely N-dealkylation sites (tertiary alicyclic amines) is 1. The zero-order valence-corrected chi connectivity index (χ0v) is 25.8. The number of hydrogen-bond acceptors (Lipinski definition) is 8. The molecule has 3 aliphatic rings. The summed E-state index contributed by atoms with van der Waals surface area (Å²) in [5, 5.41) is 17.8. The van der Waals surface area contributed by atoms with Gasteiger partial charge in [0.05, 0.1) is 28.7 Å². The number of thioether (sulfide) groups is 1. The summed E-state index contributed by atoms with van der Waals surface area (Å²) in [4.78, 5) is 46.0. The smallest absolute Gasteiger partial charge is 0.310 e. The van der Waals surface area contributed by atoms with Gasteiger partial charge in [0.1, 0.15) is 18.2 Å². The van der Waals surface area contributed by atoms with E-state index in [1.807, 2.05) is 30.3 Å². The third kappa shape index (κ3) is 5.73. The van der Waals surface area contributed by atoms with Crippen LogP contribution in [0.1, 0.15) is 51.9 Å². The van der Waals surface area contributed by atoms with Gasteiger partial charge in [-0.2, -0.15) is 0 Å². The fourth-order valence-electron chi connectivity index (χ4n) is 7.27. The standard InChI is InChI=1S/C32H43N5O5S/c1-4-6-7-13-19-42-31(41)26-25-20-22(3)32(43-25)27(26)29(39)36(17-11-8-12-18-38)28(32)30(40)35(16-5-2)21-37-24-15-10-9-14-23(24)33-34-37/h4-5,9-10,14-15,22,25-28,38H,1-2,6-8,11-13,16-21H2,3H3/t22?,25-,26+,27-,28?,32?/m0/s1. The van der Waals surface area contributed by atoms with Gasteiger partial charge in [-0.3, -0.25) is 14.4 Å². The summed E-state index contributed by atoms with van der Waals surface area (Å²) >= 11 is 1.65. The maximum absolute atomic E-state index is 14.7. The van der Waals surface area contributed by atoms with Crippen LogP contribution >= 0.6 is 11.8 Å².